The molecule has 3 aromatic carbocycles. The van der Waals surface area contributed by atoms with Crippen molar-refractivity contribution in [3.05, 3.63) is 102 Å². The number of aryl methyl sites for hydroxylation is 1. The van der Waals surface area contributed by atoms with Crippen LogP contribution in [-0.4, -0.2) is 32.0 Å². The fraction of sp³-hybridized carbons (Fsp3) is 0.300. The fourth-order valence-electron chi connectivity index (χ4n) is 5.04. The smallest absolute Gasteiger partial charge is 0.180 e. The second kappa shape index (κ2) is 10.7. The summed E-state index contributed by atoms with van der Waals surface area (Å²) in [6.07, 6.45) is 3.62. The van der Waals surface area contributed by atoms with Gasteiger partial charge in [0.2, 0.25) is 0 Å². The summed E-state index contributed by atoms with van der Waals surface area (Å²) in [5.74, 6) is 0.639. The van der Waals surface area contributed by atoms with Crippen LogP contribution in [0, 0.1) is 12.8 Å². The molecule has 0 amide bonds. The molecule has 1 aromatic heterocycles. The van der Waals surface area contributed by atoms with Gasteiger partial charge in [-0.2, -0.15) is 0 Å². The van der Waals surface area contributed by atoms with Gasteiger partial charge >= 0.3 is 0 Å². The van der Waals surface area contributed by atoms with Crippen LogP contribution < -0.4 is 0 Å². The highest BCUT2D eigenvalue weighted by molar-refractivity contribution is 7.83. The zero-order valence-corrected chi connectivity index (χ0v) is 21.0. The van der Waals surface area contributed by atoms with Gasteiger partial charge in [0, 0.05) is 18.4 Å². The molecule has 0 radical (unpaired) electrons. The number of benzene rings is 3. The van der Waals surface area contributed by atoms with Gasteiger partial charge in [0.1, 0.15) is 0 Å². The van der Waals surface area contributed by atoms with Gasteiger partial charge in [-0.25, -0.2) is 4.21 Å². The van der Waals surface area contributed by atoms with Gasteiger partial charge in [-0.15, -0.1) is 0 Å². The molecular formula is C30H32N2O2S. The molecule has 1 unspecified atom stereocenters. The van der Waals surface area contributed by atoms with Gasteiger partial charge in [0.05, 0.1) is 16.1 Å². The molecule has 5 heteroatoms. The molecule has 2 heterocycles. The minimum Gasteiger partial charge on any atom is -0.299 e. The number of carbonyl (C=O) groups excluding carboxylic acids is 1. The Hall–Kier alpha value is -3.02. The van der Waals surface area contributed by atoms with E-state index in [9.17, 15) is 9.00 Å². The Balaban J connectivity index is 1.27. The maximum atomic E-state index is 13.6. The third-order valence-corrected chi connectivity index (χ3v) is 8.45. The molecule has 5 rings (SSSR count). The zero-order chi connectivity index (χ0) is 24.2. The van der Waals surface area contributed by atoms with Gasteiger partial charge in [-0.3, -0.25) is 13.7 Å². The minimum atomic E-state index is -1.47. The van der Waals surface area contributed by atoms with E-state index in [0.717, 1.165) is 55.4 Å². The summed E-state index contributed by atoms with van der Waals surface area (Å²) in [5.41, 5.74) is 3.85. The number of hydrogen-bond donors (Lipinski definition) is 0. The van der Waals surface area contributed by atoms with E-state index in [1.165, 1.54) is 5.56 Å². The summed E-state index contributed by atoms with van der Waals surface area (Å²) in [6, 6.07) is 28.0. The van der Waals surface area contributed by atoms with E-state index in [1.807, 2.05) is 61.5 Å². The number of aromatic nitrogens is 1. The Bertz CT molecular complexity index is 1320. The van der Waals surface area contributed by atoms with E-state index in [1.54, 1.807) is 3.97 Å². The van der Waals surface area contributed by atoms with Gasteiger partial charge in [0.15, 0.2) is 16.8 Å². The highest BCUT2D eigenvalue weighted by atomic mass is 32.2. The molecule has 4 nitrogen and oxygen atoms in total. The van der Waals surface area contributed by atoms with Crippen molar-refractivity contribution in [3.63, 3.8) is 0 Å². The lowest BCUT2D eigenvalue weighted by molar-refractivity contribution is 0.0956. The van der Waals surface area contributed by atoms with Gasteiger partial charge in [0.25, 0.3) is 0 Å². The average molecular weight is 485 g/mol. The third kappa shape index (κ3) is 5.47. The lowest BCUT2D eigenvalue weighted by Crippen LogP contribution is -2.33. The van der Waals surface area contributed by atoms with Crippen LogP contribution in [0.25, 0.3) is 10.9 Å². The first-order valence-electron chi connectivity index (χ1n) is 12.5. The van der Waals surface area contributed by atoms with Crippen LogP contribution in [0.2, 0.25) is 0 Å². The summed E-state index contributed by atoms with van der Waals surface area (Å²) in [4.78, 5) is 16.6. The predicted octanol–water partition coefficient (Wildman–Crippen LogP) is 6.40. The molecule has 35 heavy (non-hydrogen) atoms. The average Bonchev–Trinajstić information content (AvgIpc) is 3.27. The molecule has 1 saturated heterocycles. The number of ketones is 1. The summed E-state index contributed by atoms with van der Waals surface area (Å²) in [5, 5.41) is 0.956. The SMILES string of the molecule is Cc1ccc2cc(C(=O)CCC3CCN(Cc4ccccc4)CC3)n(S(=O)c3ccccc3)c2c1. The fourth-order valence-corrected chi connectivity index (χ4v) is 6.31. The third-order valence-electron chi connectivity index (χ3n) is 7.05. The first-order valence-corrected chi connectivity index (χ1v) is 13.6. The lowest BCUT2D eigenvalue weighted by atomic mass is 9.91. The Labute approximate surface area is 210 Å². The maximum Gasteiger partial charge on any atom is 0.180 e. The van der Waals surface area contributed by atoms with Crippen molar-refractivity contribution in [1.82, 2.24) is 8.87 Å². The standard InChI is InChI=1S/C30H32N2O2S/c1-23-12-14-26-21-29(32(28(26)20-23)35(34)27-10-6-3-7-11-27)30(33)15-13-24-16-18-31(19-17-24)22-25-8-4-2-5-9-25/h2-12,14,20-21,24H,13,15-19,22H2,1H3. The van der Waals surface area contributed by atoms with Crippen LogP contribution in [-0.2, 0) is 17.5 Å². The van der Waals surface area contributed by atoms with Crippen LogP contribution in [0.15, 0.2) is 89.8 Å². The topological polar surface area (TPSA) is 42.3 Å². The molecule has 0 spiro atoms. The number of piperidine rings is 1. The maximum absolute atomic E-state index is 13.6. The van der Waals surface area contributed by atoms with E-state index in [4.69, 9.17) is 0 Å². The highest BCUT2D eigenvalue weighted by Gasteiger charge is 2.24. The molecular weight excluding hydrogens is 452 g/mol. The zero-order valence-electron chi connectivity index (χ0n) is 20.2. The first-order chi connectivity index (χ1) is 17.1. The van der Waals surface area contributed by atoms with Gasteiger partial charge < -0.3 is 0 Å². The van der Waals surface area contributed by atoms with Crippen molar-refractivity contribution >= 4 is 27.7 Å². The largest absolute Gasteiger partial charge is 0.299 e. The van der Waals surface area contributed by atoms with Crippen molar-refractivity contribution in [1.29, 1.82) is 0 Å². The number of carbonyl (C=O) groups is 1. The molecule has 1 atom stereocenters. The van der Waals surface area contributed by atoms with Crippen LogP contribution in [0.5, 0.6) is 0 Å². The Kier molecular flexibility index (Phi) is 7.26. The van der Waals surface area contributed by atoms with E-state index in [-0.39, 0.29) is 5.78 Å². The second-order valence-corrected chi connectivity index (χ2v) is 11.0. The molecule has 0 bridgehead atoms. The summed E-state index contributed by atoms with van der Waals surface area (Å²) < 4.78 is 15.3. The van der Waals surface area contributed by atoms with Crippen LogP contribution in [0.4, 0.5) is 0 Å². The number of likely N-dealkylation sites (tertiary alicyclic amines) is 1. The van der Waals surface area contributed by atoms with Crippen molar-refractivity contribution in [3.8, 4) is 0 Å². The number of Topliss-reactive ketones (excluding diaryl/α,β-unsaturated/α-hetero) is 1. The Morgan fingerprint density at radius 2 is 1.60 bits per heavy atom. The summed E-state index contributed by atoms with van der Waals surface area (Å²) in [7, 11) is -1.47. The monoisotopic (exact) mass is 484 g/mol. The van der Waals surface area contributed by atoms with Gasteiger partial charge in [-0.05, 0) is 80.6 Å². The van der Waals surface area contributed by atoms with E-state index in [0.29, 0.717) is 22.9 Å². The quantitative estimate of drug-likeness (QED) is 0.272. The Morgan fingerprint density at radius 3 is 2.31 bits per heavy atom. The number of rotatable bonds is 8. The van der Waals surface area contributed by atoms with Crippen molar-refractivity contribution < 1.29 is 9.00 Å². The minimum absolute atomic E-state index is 0.0786. The van der Waals surface area contributed by atoms with Crippen LogP contribution in [0.1, 0.15) is 47.3 Å². The van der Waals surface area contributed by atoms with Gasteiger partial charge in [-0.1, -0.05) is 60.7 Å². The summed E-state index contributed by atoms with van der Waals surface area (Å²) >= 11 is 0. The molecule has 0 N–H and O–H groups in total. The molecule has 1 aliphatic rings. The first kappa shape index (κ1) is 23.7. The highest BCUT2D eigenvalue weighted by Crippen LogP contribution is 2.28. The summed E-state index contributed by atoms with van der Waals surface area (Å²) in [6.45, 7) is 5.17. The lowest BCUT2D eigenvalue weighted by Gasteiger charge is -2.32. The molecule has 4 aromatic rings. The number of hydrogen-bond acceptors (Lipinski definition) is 3. The molecule has 0 saturated carbocycles. The van der Waals surface area contributed by atoms with Crippen molar-refractivity contribution in [2.24, 2.45) is 5.92 Å². The molecule has 180 valence electrons. The predicted molar refractivity (Wildman–Crippen MR) is 143 cm³/mol. The van der Waals surface area contributed by atoms with E-state index < -0.39 is 11.0 Å². The molecule has 0 aliphatic carbocycles. The normalized spacial score (nSPS) is 15.9. The van der Waals surface area contributed by atoms with Crippen molar-refractivity contribution in [2.45, 2.75) is 44.0 Å². The molecule has 1 aliphatic heterocycles. The number of fused-ring (bicyclic) bond motifs is 1. The van der Waals surface area contributed by atoms with Crippen molar-refractivity contribution in [2.75, 3.05) is 13.1 Å². The van der Waals surface area contributed by atoms with E-state index >= 15 is 0 Å². The van der Waals surface area contributed by atoms with Crippen LogP contribution in [0.3, 0.4) is 0 Å². The molecule has 1 fully saturated rings. The number of nitrogens with zero attached hydrogens (tertiary/aromatic N) is 2. The van der Waals surface area contributed by atoms with E-state index in [2.05, 4.69) is 35.2 Å². The second-order valence-electron chi connectivity index (χ2n) is 9.62. The van der Waals surface area contributed by atoms with Crippen LogP contribution >= 0.6 is 0 Å². The Morgan fingerprint density at radius 1 is 0.914 bits per heavy atom.